The first-order valence-corrected chi connectivity index (χ1v) is 4.55. The third-order valence-electron chi connectivity index (χ3n) is 1.24. The van der Waals surface area contributed by atoms with Gasteiger partial charge in [-0.25, -0.2) is 0 Å². The highest BCUT2D eigenvalue weighted by Crippen LogP contribution is 2.17. The molecule has 1 aromatic carbocycles. The topological polar surface area (TPSA) is 9.23 Å². The Bertz CT molecular complexity index is 225. The van der Waals surface area contributed by atoms with Gasteiger partial charge < -0.3 is 4.74 Å². The van der Waals surface area contributed by atoms with Gasteiger partial charge in [-0.3, -0.25) is 0 Å². The molecule has 1 aromatic rings. The Morgan fingerprint density at radius 2 is 2.18 bits per heavy atom. The van der Waals surface area contributed by atoms with Crippen LogP contribution in [0.15, 0.2) is 18.2 Å². The average Bonchev–Trinajstić information content (AvgIpc) is 1.85. The van der Waals surface area contributed by atoms with Gasteiger partial charge in [0, 0.05) is 3.57 Å². The van der Waals surface area contributed by atoms with Crippen LogP contribution in [0.25, 0.3) is 0 Å². The summed E-state index contributed by atoms with van der Waals surface area (Å²) in [4.78, 5) is 0. The van der Waals surface area contributed by atoms with Crippen molar-refractivity contribution >= 4 is 22.6 Å². The van der Waals surface area contributed by atoms with Crippen molar-refractivity contribution in [3.05, 3.63) is 34.3 Å². The van der Waals surface area contributed by atoms with E-state index in [-0.39, 0.29) is 0 Å². The average molecular weight is 261 g/mol. The van der Waals surface area contributed by atoms with E-state index in [1.165, 1.54) is 3.57 Å². The molecule has 0 heterocycles. The molecule has 0 fully saturated rings. The predicted molar refractivity (Wildman–Crippen MR) is 54.8 cm³/mol. The van der Waals surface area contributed by atoms with Crippen LogP contribution in [0.3, 0.4) is 0 Å². The zero-order chi connectivity index (χ0) is 8.27. The smallest absolute Gasteiger partial charge is 0.120 e. The van der Waals surface area contributed by atoms with Crippen LogP contribution < -0.4 is 4.74 Å². The molecule has 0 saturated heterocycles. The largest absolute Gasteiger partial charge is 0.494 e. The van der Waals surface area contributed by atoms with Gasteiger partial charge in [-0.2, -0.15) is 0 Å². The summed E-state index contributed by atoms with van der Waals surface area (Å²) in [7, 11) is 0. The molecular weight excluding hydrogens is 251 g/mol. The SMILES string of the molecule is [CH2]c1cc(I)cc(OCC)c1. The minimum atomic E-state index is 0.708. The van der Waals surface area contributed by atoms with E-state index in [1.807, 2.05) is 25.1 Å². The second-order valence-electron chi connectivity index (χ2n) is 2.23. The van der Waals surface area contributed by atoms with E-state index in [2.05, 4.69) is 29.5 Å². The second kappa shape index (κ2) is 3.95. The van der Waals surface area contributed by atoms with Crippen molar-refractivity contribution in [1.29, 1.82) is 0 Å². The fourth-order valence-corrected chi connectivity index (χ4v) is 1.58. The van der Waals surface area contributed by atoms with Crippen LogP contribution in [0.5, 0.6) is 5.75 Å². The van der Waals surface area contributed by atoms with Gasteiger partial charge in [0.15, 0.2) is 0 Å². The van der Waals surface area contributed by atoms with Crippen LogP contribution >= 0.6 is 22.6 Å². The lowest BCUT2D eigenvalue weighted by Crippen LogP contribution is -1.91. The van der Waals surface area contributed by atoms with Gasteiger partial charge >= 0.3 is 0 Å². The van der Waals surface area contributed by atoms with Gasteiger partial charge in [0.2, 0.25) is 0 Å². The summed E-state index contributed by atoms with van der Waals surface area (Å²) in [5.74, 6) is 0.907. The first-order valence-electron chi connectivity index (χ1n) is 3.47. The number of rotatable bonds is 2. The molecule has 59 valence electrons. The zero-order valence-corrected chi connectivity index (χ0v) is 8.59. The van der Waals surface area contributed by atoms with Gasteiger partial charge in [-0.05, 0) is 60.2 Å². The van der Waals surface area contributed by atoms with Crippen molar-refractivity contribution in [2.45, 2.75) is 6.92 Å². The molecule has 0 spiro atoms. The fraction of sp³-hybridized carbons (Fsp3) is 0.222. The molecule has 0 unspecified atom stereocenters. The van der Waals surface area contributed by atoms with Crippen molar-refractivity contribution in [2.24, 2.45) is 0 Å². The molecular formula is C9H10IO. The lowest BCUT2D eigenvalue weighted by molar-refractivity contribution is 0.340. The van der Waals surface area contributed by atoms with Crippen molar-refractivity contribution in [1.82, 2.24) is 0 Å². The first-order chi connectivity index (χ1) is 5.22. The van der Waals surface area contributed by atoms with Crippen molar-refractivity contribution in [3.63, 3.8) is 0 Å². The molecule has 0 aliphatic heterocycles. The van der Waals surface area contributed by atoms with E-state index in [4.69, 9.17) is 4.74 Å². The van der Waals surface area contributed by atoms with E-state index >= 15 is 0 Å². The van der Waals surface area contributed by atoms with E-state index in [0.717, 1.165) is 11.3 Å². The van der Waals surface area contributed by atoms with Crippen LogP contribution in [-0.4, -0.2) is 6.61 Å². The maximum atomic E-state index is 5.32. The summed E-state index contributed by atoms with van der Waals surface area (Å²) in [6.07, 6.45) is 0. The minimum absolute atomic E-state index is 0.708. The summed E-state index contributed by atoms with van der Waals surface area (Å²) < 4.78 is 6.49. The summed E-state index contributed by atoms with van der Waals surface area (Å²) in [6.45, 7) is 6.52. The fourth-order valence-electron chi connectivity index (χ4n) is 0.871. The predicted octanol–water partition coefficient (Wildman–Crippen LogP) is 2.87. The van der Waals surface area contributed by atoms with Crippen LogP contribution in [0.1, 0.15) is 12.5 Å². The molecule has 0 bridgehead atoms. The Kier molecular flexibility index (Phi) is 3.17. The Hall–Kier alpha value is -0.250. The van der Waals surface area contributed by atoms with Crippen molar-refractivity contribution in [2.75, 3.05) is 6.61 Å². The minimum Gasteiger partial charge on any atom is -0.494 e. The lowest BCUT2D eigenvalue weighted by atomic mass is 10.2. The third-order valence-corrected chi connectivity index (χ3v) is 1.86. The summed E-state index contributed by atoms with van der Waals surface area (Å²) >= 11 is 2.25. The number of halogens is 1. The van der Waals surface area contributed by atoms with Crippen LogP contribution in [0.2, 0.25) is 0 Å². The Morgan fingerprint density at radius 1 is 1.45 bits per heavy atom. The normalized spacial score (nSPS) is 9.73. The summed E-state index contributed by atoms with van der Waals surface area (Å²) in [5, 5.41) is 0. The van der Waals surface area contributed by atoms with Gasteiger partial charge in [0.05, 0.1) is 6.61 Å². The van der Waals surface area contributed by atoms with Gasteiger partial charge in [-0.1, -0.05) is 0 Å². The van der Waals surface area contributed by atoms with E-state index < -0.39 is 0 Å². The molecule has 2 heteroatoms. The standard InChI is InChI=1S/C9H10IO/c1-3-11-9-5-7(2)4-8(10)6-9/h4-6H,2-3H2,1H3. The highest BCUT2D eigenvalue weighted by molar-refractivity contribution is 14.1. The maximum absolute atomic E-state index is 5.32. The van der Waals surface area contributed by atoms with Gasteiger partial charge in [0.25, 0.3) is 0 Å². The Morgan fingerprint density at radius 3 is 2.73 bits per heavy atom. The number of benzene rings is 1. The molecule has 0 saturated carbocycles. The molecule has 0 amide bonds. The molecule has 11 heavy (non-hydrogen) atoms. The van der Waals surface area contributed by atoms with Gasteiger partial charge in [0.1, 0.15) is 5.75 Å². The molecule has 0 atom stereocenters. The summed E-state index contributed by atoms with van der Waals surface area (Å²) in [6, 6.07) is 5.95. The highest BCUT2D eigenvalue weighted by atomic mass is 127. The molecule has 1 rings (SSSR count). The lowest BCUT2D eigenvalue weighted by Gasteiger charge is -2.03. The van der Waals surface area contributed by atoms with Crippen molar-refractivity contribution < 1.29 is 4.74 Å². The summed E-state index contributed by atoms with van der Waals surface area (Å²) in [5.41, 5.74) is 1.00. The molecule has 0 aromatic heterocycles. The molecule has 1 nitrogen and oxygen atoms in total. The van der Waals surface area contributed by atoms with E-state index in [9.17, 15) is 0 Å². The van der Waals surface area contributed by atoms with Crippen LogP contribution in [0.4, 0.5) is 0 Å². The first kappa shape index (κ1) is 8.84. The van der Waals surface area contributed by atoms with Crippen LogP contribution in [-0.2, 0) is 0 Å². The number of hydrogen-bond acceptors (Lipinski definition) is 1. The third kappa shape index (κ3) is 2.69. The van der Waals surface area contributed by atoms with Gasteiger partial charge in [-0.15, -0.1) is 0 Å². The maximum Gasteiger partial charge on any atom is 0.120 e. The molecule has 0 aliphatic carbocycles. The molecule has 0 N–H and O–H groups in total. The second-order valence-corrected chi connectivity index (χ2v) is 3.47. The van der Waals surface area contributed by atoms with Crippen LogP contribution in [0, 0.1) is 10.5 Å². The zero-order valence-electron chi connectivity index (χ0n) is 6.43. The highest BCUT2D eigenvalue weighted by Gasteiger charge is 1.95. The number of hydrogen-bond donors (Lipinski definition) is 0. The molecule has 1 radical (unpaired) electrons. The van der Waals surface area contributed by atoms with Crippen molar-refractivity contribution in [3.8, 4) is 5.75 Å². The van der Waals surface area contributed by atoms with E-state index in [0.29, 0.717) is 6.61 Å². The quantitative estimate of drug-likeness (QED) is 0.744. The molecule has 0 aliphatic rings. The monoisotopic (exact) mass is 261 g/mol. The Balaban J connectivity index is 2.89. The Labute approximate surface area is 80.9 Å². The van der Waals surface area contributed by atoms with E-state index in [1.54, 1.807) is 0 Å². The number of ether oxygens (including phenoxy) is 1.